The van der Waals surface area contributed by atoms with Crippen LogP contribution in [0.25, 0.3) is 0 Å². The highest BCUT2D eigenvalue weighted by molar-refractivity contribution is 7.91. The molecule has 1 aromatic rings. The Bertz CT molecular complexity index is 601. The van der Waals surface area contributed by atoms with Crippen LogP contribution in [0.5, 0.6) is 0 Å². The highest BCUT2D eigenvalue weighted by Gasteiger charge is 2.34. The number of sulfone groups is 1. The molecule has 1 aliphatic heterocycles. The third kappa shape index (κ3) is 3.56. The third-order valence-electron chi connectivity index (χ3n) is 3.87. The van der Waals surface area contributed by atoms with Gasteiger partial charge in [-0.2, -0.15) is 8.78 Å². The largest absolute Gasteiger partial charge is 0.381 e. The zero-order chi connectivity index (χ0) is 16.2. The Morgan fingerprint density at radius 3 is 2.55 bits per heavy atom. The Balaban J connectivity index is 2.20. The van der Waals surface area contributed by atoms with Gasteiger partial charge in [0.1, 0.15) is 0 Å². The Hall–Kier alpha value is -1.25. The molecule has 0 bridgehead atoms. The van der Waals surface area contributed by atoms with E-state index in [2.05, 4.69) is 5.32 Å². The third-order valence-corrected chi connectivity index (χ3v) is 5.30. The number of rotatable bonds is 6. The maximum absolute atomic E-state index is 12.8. The van der Waals surface area contributed by atoms with Gasteiger partial charge in [0.25, 0.3) is 0 Å². The predicted octanol–water partition coefficient (Wildman–Crippen LogP) is 2.29. The molecule has 0 radical (unpaired) electrons. The van der Waals surface area contributed by atoms with Gasteiger partial charge >= 0.3 is 5.76 Å². The average molecular weight is 335 g/mol. The number of nitrogens with one attached hydrogen (secondary N) is 1. The highest BCUT2D eigenvalue weighted by Crippen LogP contribution is 2.29. The molecule has 5 nitrogen and oxygen atoms in total. The molecule has 0 saturated carbocycles. The van der Waals surface area contributed by atoms with Crippen LogP contribution < -0.4 is 5.32 Å². The van der Waals surface area contributed by atoms with Crippen LogP contribution in [0.15, 0.2) is 29.2 Å². The van der Waals surface area contributed by atoms with Gasteiger partial charge in [-0.25, -0.2) is 8.42 Å². The van der Waals surface area contributed by atoms with E-state index < -0.39 is 26.1 Å². The van der Waals surface area contributed by atoms with Gasteiger partial charge < -0.3 is 14.8 Å². The van der Waals surface area contributed by atoms with Crippen molar-refractivity contribution < 1.29 is 26.7 Å². The van der Waals surface area contributed by atoms with Crippen LogP contribution in [0.1, 0.15) is 12.8 Å². The van der Waals surface area contributed by atoms with E-state index in [4.69, 9.17) is 9.47 Å². The van der Waals surface area contributed by atoms with E-state index in [1.807, 2.05) is 0 Å². The molecule has 22 heavy (non-hydrogen) atoms. The highest BCUT2D eigenvalue weighted by atomic mass is 32.2. The number of hydrogen-bond donors (Lipinski definition) is 1. The lowest BCUT2D eigenvalue weighted by atomic mass is 9.94. The molecule has 1 heterocycles. The van der Waals surface area contributed by atoms with E-state index in [1.54, 1.807) is 13.2 Å². The lowest BCUT2D eigenvalue weighted by molar-refractivity contribution is -0.0807. The van der Waals surface area contributed by atoms with Gasteiger partial charge in [-0.15, -0.1) is 0 Å². The number of ether oxygens (including phenoxy) is 2. The smallest absolute Gasteiger partial charge is 0.341 e. The first kappa shape index (κ1) is 17.1. The van der Waals surface area contributed by atoms with E-state index in [0.29, 0.717) is 32.6 Å². The van der Waals surface area contributed by atoms with E-state index in [-0.39, 0.29) is 5.69 Å². The quantitative estimate of drug-likeness (QED) is 0.864. The number of halogens is 2. The van der Waals surface area contributed by atoms with Crippen molar-refractivity contribution >= 4 is 15.5 Å². The maximum Gasteiger partial charge on any atom is 0.341 e. The van der Waals surface area contributed by atoms with Gasteiger partial charge in [-0.05, 0) is 12.1 Å². The average Bonchev–Trinajstić information content (AvgIpc) is 2.54. The summed E-state index contributed by atoms with van der Waals surface area (Å²) in [6.45, 7) is 1.42. The summed E-state index contributed by atoms with van der Waals surface area (Å²) in [5.41, 5.74) is -0.328. The molecule has 0 unspecified atom stereocenters. The molecule has 2 rings (SSSR count). The maximum atomic E-state index is 12.8. The molecule has 0 atom stereocenters. The molecule has 8 heteroatoms. The molecule has 0 amide bonds. The van der Waals surface area contributed by atoms with Crippen LogP contribution >= 0.6 is 0 Å². The number of hydrogen-bond acceptors (Lipinski definition) is 5. The molecule has 1 fully saturated rings. The van der Waals surface area contributed by atoms with Crippen molar-refractivity contribution in [3.8, 4) is 0 Å². The normalized spacial score (nSPS) is 18.4. The van der Waals surface area contributed by atoms with Gasteiger partial charge in [0.2, 0.25) is 9.84 Å². The number of benzene rings is 1. The lowest BCUT2D eigenvalue weighted by Gasteiger charge is -2.36. The van der Waals surface area contributed by atoms with Gasteiger partial charge in [0.15, 0.2) is 0 Å². The van der Waals surface area contributed by atoms with Crippen molar-refractivity contribution in [3.63, 3.8) is 0 Å². The first-order valence-corrected chi connectivity index (χ1v) is 8.44. The fourth-order valence-electron chi connectivity index (χ4n) is 2.41. The van der Waals surface area contributed by atoms with Crippen molar-refractivity contribution in [3.05, 3.63) is 24.3 Å². The summed E-state index contributed by atoms with van der Waals surface area (Å²) in [6, 6.07) is 5.66. The summed E-state index contributed by atoms with van der Waals surface area (Å²) >= 11 is 0. The first-order valence-electron chi connectivity index (χ1n) is 6.89. The van der Waals surface area contributed by atoms with Crippen LogP contribution in [0.4, 0.5) is 14.5 Å². The van der Waals surface area contributed by atoms with Crippen molar-refractivity contribution in [1.29, 1.82) is 0 Å². The van der Waals surface area contributed by atoms with E-state index >= 15 is 0 Å². The summed E-state index contributed by atoms with van der Waals surface area (Å²) < 4.78 is 59.8. The minimum absolute atomic E-state index is 0.158. The van der Waals surface area contributed by atoms with Crippen molar-refractivity contribution in [2.75, 3.05) is 32.2 Å². The van der Waals surface area contributed by atoms with Crippen LogP contribution in [0, 0.1) is 0 Å². The monoisotopic (exact) mass is 335 g/mol. The van der Waals surface area contributed by atoms with Crippen LogP contribution in [-0.2, 0) is 19.3 Å². The van der Waals surface area contributed by atoms with Gasteiger partial charge in [-0.1, -0.05) is 12.1 Å². The number of anilines is 1. The molecule has 124 valence electrons. The van der Waals surface area contributed by atoms with Crippen molar-refractivity contribution in [1.82, 2.24) is 0 Å². The molecule has 1 aliphatic rings. The molecule has 1 N–H and O–H groups in total. The second-order valence-corrected chi connectivity index (χ2v) is 7.04. The summed E-state index contributed by atoms with van der Waals surface area (Å²) in [6.07, 6.45) is 1.31. The summed E-state index contributed by atoms with van der Waals surface area (Å²) in [7, 11) is -3.07. The van der Waals surface area contributed by atoms with E-state index in [0.717, 1.165) is 0 Å². The summed E-state index contributed by atoms with van der Waals surface area (Å²) in [4.78, 5) is -0.400. The second kappa shape index (κ2) is 6.89. The molecular formula is C14H19F2NO4S. The van der Waals surface area contributed by atoms with Gasteiger partial charge in [0.05, 0.1) is 16.2 Å². The minimum Gasteiger partial charge on any atom is -0.381 e. The minimum atomic E-state index is -4.65. The second-order valence-electron chi connectivity index (χ2n) is 5.15. The summed E-state index contributed by atoms with van der Waals surface area (Å²) in [5.74, 6) is -3.45. The Morgan fingerprint density at radius 1 is 1.32 bits per heavy atom. The Morgan fingerprint density at radius 2 is 1.95 bits per heavy atom. The first-order chi connectivity index (χ1) is 10.4. The lowest BCUT2D eigenvalue weighted by Crippen LogP contribution is -2.44. The standard InChI is InChI=1S/C14H19F2NO4S/c1-20-14(6-8-21-9-7-14)10-17-11-4-2-3-5-12(11)22(18,19)13(15)16/h2-5,13,17H,6-10H2,1H3. The van der Waals surface area contributed by atoms with Gasteiger partial charge in [-0.3, -0.25) is 0 Å². The van der Waals surface area contributed by atoms with E-state index in [1.165, 1.54) is 18.2 Å². The summed E-state index contributed by atoms with van der Waals surface area (Å²) in [5, 5.41) is 2.94. The topological polar surface area (TPSA) is 64.6 Å². The fourth-order valence-corrected chi connectivity index (χ4v) is 3.32. The fraction of sp³-hybridized carbons (Fsp3) is 0.571. The van der Waals surface area contributed by atoms with Crippen LogP contribution in [0.2, 0.25) is 0 Å². The van der Waals surface area contributed by atoms with E-state index in [9.17, 15) is 17.2 Å². The molecular weight excluding hydrogens is 316 g/mol. The zero-order valence-corrected chi connectivity index (χ0v) is 13.0. The van der Waals surface area contributed by atoms with Crippen LogP contribution in [-0.4, -0.2) is 46.6 Å². The molecule has 1 aromatic carbocycles. The van der Waals surface area contributed by atoms with Crippen molar-refractivity contribution in [2.45, 2.75) is 29.1 Å². The number of methoxy groups -OCH3 is 1. The van der Waals surface area contributed by atoms with Crippen molar-refractivity contribution in [2.24, 2.45) is 0 Å². The van der Waals surface area contributed by atoms with Crippen LogP contribution in [0.3, 0.4) is 0 Å². The molecule has 0 aliphatic carbocycles. The number of alkyl halides is 2. The Labute approximate surface area is 128 Å². The molecule has 0 spiro atoms. The SMILES string of the molecule is COC1(CNc2ccccc2S(=O)(=O)C(F)F)CCOCC1. The van der Waals surface area contributed by atoms with Gasteiger partial charge in [0, 0.05) is 39.7 Å². The molecule has 1 saturated heterocycles. The number of para-hydroxylation sites is 1. The Kier molecular flexibility index (Phi) is 5.36. The zero-order valence-electron chi connectivity index (χ0n) is 12.2. The molecule has 0 aromatic heterocycles. The predicted molar refractivity (Wildman–Crippen MR) is 77.9 cm³/mol.